The van der Waals surface area contributed by atoms with Crippen LogP contribution in [0.25, 0.3) is 0 Å². The van der Waals surface area contributed by atoms with E-state index in [4.69, 9.17) is 32.7 Å². The van der Waals surface area contributed by atoms with Gasteiger partial charge in [0.2, 0.25) is 5.28 Å². The normalized spacial score (nSPS) is 15.3. The van der Waals surface area contributed by atoms with Crippen LogP contribution in [0.2, 0.25) is 10.4 Å². The predicted octanol–water partition coefficient (Wildman–Crippen LogP) is 5.05. The number of anilines is 1. The Bertz CT molecular complexity index is 778. The molecule has 6 nitrogen and oxygen atoms in total. The van der Waals surface area contributed by atoms with Crippen LogP contribution < -0.4 is 14.8 Å². The predicted molar refractivity (Wildman–Crippen MR) is 117 cm³/mol. The Balaban J connectivity index is 1.52. The van der Waals surface area contributed by atoms with Gasteiger partial charge in [0.05, 0.1) is 13.7 Å². The maximum atomic E-state index is 5.95. The molecule has 0 amide bonds. The van der Waals surface area contributed by atoms with Gasteiger partial charge >= 0.3 is 0 Å². The molecule has 0 saturated carbocycles. The molecule has 8 heteroatoms. The van der Waals surface area contributed by atoms with Crippen LogP contribution in [0.4, 0.5) is 5.82 Å². The fraction of sp³-hybridized carbons (Fsp3) is 0.524. The lowest BCUT2D eigenvalue weighted by atomic mass is 10.0. The van der Waals surface area contributed by atoms with Crippen molar-refractivity contribution >= 4 is 29.0 Å². The SMILES string of the molecule is CCCCOc1cc(CN2CCC(Nc3cc(Cl)nc(Cl)n3)CC2)ccc1OC. The topological polar surface area (TPSA) is 59.5 Å². The van der Waals surface area contributed by atoms with Gasteiger partial charge in [-0.3, -0.25) is 4.90 Å². The summed E-state index contributed by atoms with van der Waals surface area (Å²) in [6.45, 7) is 5.77. The van der Waals surface area contributed by atoms with Gasteiger partial charge in [-0.1, -0.05) is 31.0 Å². The quantitative estimate of drug-likeness (QED) is 0.335. The number of rotatable bonds is 9. The zero-order valence-electron chi connectivity index (χ0n) is 17.0. The minimum Gasteiger partial charge on any atom is -0.493 e. The first-order chi connectivity index (χ1) is 14.1. The van der Waals surface area contributed by atoms with Crippen LogP contribution >= 0.6 is 23.2 Å². The van der Waals surface area contributed by atoms with Crippen LogP contribution in [0, 0.1) is 0 Å². The minimum atomic E-state index is 0.161. The molecule has 1 aromatic heterocycles. The first kappa shape index (κ1) is 21.9. The summed E-state index contributed by atoms with van der Waals surface area (Å²) in [6.07, 6.45) is 4.19. The van der Waals surface area contributed by atoms with E-state index in [1.165, 1.54) is 5.56 Å². The number of piperidine rings is 1. The monoisotopic (exact) mass is 438 g/mol. The molecule has 1 aromatic carbocycles. The summed E-state index contributed by atoms with van der Waals surface area (Å²) in [4.78, 5) is 10.5. The van der Waals surface area contributed by atoms with Gasteiger partial charge < -0.3 is 14.8 Å². The van der Waals surface area contributed by atoms with Crippen molar-refractivity contribution in [3.63, 3.8) is 0 Å². The molecule has 0 atom stereocenters. The van der Waals surface area contributed by atoms with E-state index >= 15 is 0 Å². The zero-order valence-corrected chi connectivity index (χ0v) is 18.5. The van der Waals surface area contributed by atoms with Gasteiger partial charge in [0, 0.05) is 31.7 Å². The first-order valence-electron chi connectivity index (χ1n) is 10.1. The average molecular weight is 439 g/mol. The van der Waals surface area contributed by atoms with Crippen molar-refractivity contribution < 1.29 is 9.47 Å². The van der Waals surface area contributed by atoms with Crippen LogP contribution in [0.3, 0.4) is 0 Å². The number of ether oxygens (including phenoxy) is 2. The van der Waals surface area contributed by atoms with E-state index in [-0.39, 0.29) is 5.28 Å². The number of likely N-dealkylation sites (tertiary alicyclic amines) is 1. The van der Waals surface area contributed by atoms with Crippen LogP contribution in [0.15, 0.2) is 24.3 Å². The molecule has 2 heterocycles. The molecule has 29 heavy (non-hydrogen) atoms. The fourth-order valence-electron chi connectivity index (χ4n) is 3.43. The maximum Gasteiger partial charge on any atom is 0.225 e. The fourth-order valence-corrected chi connectivity index (χ4v) is 3.83. The van der Waals surface area contributed by atoms with Crippen molar-refractivity contribution in [1.82, 2.24) is 14.9 Å². The van der Waals surface area contributed by atoms with Crippen molar-refractivity contribution in [2.75, 3.05) is 32.1 Å². The van der Waals surface area contributed by atoms with E-state index in [1.807, 2.05) is 6.07 Å². The van der Waals surface area contributed by atoms with Crippen molar-refractivity contribution in [2.45, 2.75) is 45.2 Å². The molecule has 0 aliphatic carbocycles. The summed E-state index contributed by atoms with van der Waals surface area (Å²) in [6, 6.07) is 8.26. The summed E-state index contributed by atoms with van der Waals surface area (Å²) in [5.41, 5.74) is 1.23. The molecule has 1 aliphatic heterocycles. The van der Waals surface area contributed by atoms with E-state index in [9.17, 15) is 0 Å². The van der Waals surface area contributed by atoms with Crippen molar-refractivity contribution in [3.05, 3.63) is 40.3 Å². The summed E-state index contributed by atoms with van der Waals surface area (Å²) in [7, 11) is 1.68. The van der Waals surface area contributed by atoms with Crippen LogP contribution in [0.5, 0.6) is 11.5 Å². The number of hydrogen-bond donors (Lipinski definition) is 1. The third-order valence-electron chi connectivity index (χ3n) is 5.00. The van der Waals surface area contributed by atoms with Crippen molar-refractivity contribution in [2.24, 2.45) is 0 Å². The van der Waals surface area contributed by atoms with Gasteiger partial charge in [-0.2, -0.15) is 0 Å². The molecule has 0 radical (unpaired) electrons. The Kier molecular flexibility index (Phi) is 8.21. The lowest BCUT2D eigenvalue weighted by molar-refractivity contribution is 0.210. The lowest BCUT2D eigenvalue weighted by Gasteiger charge is -2.32. The lowest BCUT2D eigenvalue weighted by Crippen LogP contribution is -2.38. The highest BCUT2D eigenvalue weighted by Crippen LogP contribution is 2.29. The molecule has 0 bridgehead atoms. The molecule has 0 unspecified atom stereocenters. The van der Waals surface area contributed by atoms with Gasteiger partial charge in [-0.25, -0.2) is 9.97 Å². The smallest absolute Gasteiger partial charge is 0.225 e. The highest BCUT2D eigenvalue weighted by atomic mass is 35.5. The molecule has 1 fully saturated rings. The van der Waals surface area contributed by atoms with Gasteiger partial charge in [-0.05, 0) is 48.6 Å². The third-order valence-corrected chi connectivity index (χ3v) is 5.36. The number of hydrogen-bond acceptors (Lipinski definition) is 6. The second-order valence-corrected chi connectivity index (χ2v) is 7.95. The maximum absolute atomic E-state index is 5.95. The van der Waals surface area contributed by atoms with Gasteiger partial charge in [0.1, 0.15) is 11.0 Å². The molecule has 1 N–H and O–H groups in total. The number of benzene rings is 1. The second kappa shape index (κ2) is 10.9. The summed E-state index contributed by atoms with van der Waals surface area (Å²) in [5, 5.41) is 3.93. The Morgan fingerprint density at radius 3 is 2.62 bits per heavy atom. The van der Waals surface area contributed by atoms with Gasteiger partial charge in [0.15, 0.2) is 11.5 Å². The molecule has 158 valence electrons. The molecule has 1 aliphatic rings. The van der Waals surface area contributed by atoms with E-state index in [2.05, 4.69) is 39.2 Å². The third kappa shape index (κ3) is 6.63. The Morgan fingerprint density at radius 2 is 1.93 bits per heavy atom. The summed E-state index contributed by atoms with van der Waals surface area (Å²) < 4.78 is 11.3. The minimum absolute atomic E-state index is 0.161. The average Bonchev–Trinajstić information content (AvgIpc) is 2.69. The molecular formula is C21H28Cl2N4O2. The number of nitrogens with zero attached hydrogens (tertiary/aromatic N) is 3. The zero-order chi connectivity index (χ0) is 20.6. The molecular weight excluding hydrogens is 411 g/mol. The first-order valence-corrected chi connectivity index (χ1v) is 10.8. The van der Waals surface area contributed by atoms with E-state index in [1.54, 1.807) is 13.2 Å². The Hall–Kier alpha value is -1.76. The largest absolute Gasteiger partial charge is 0.493 e. The number of halogens is 2. The van der Waals surface area contributed by atoms with E-state index < -0.39 is 0 Å². The molecule has 2 aromatic rings. The van der Waals surface area contributed by atoms with Crippen LogP contribution in [-0.2, 0) is 6.54 Å². The van der Waals surface area contributed by atoms with E-state index in [0.29, 0.717) is 23.6 Å². The number of methoxy groups -OCH3 is 1. The second-order valence-electron chi connectivity index (χ2n) is 7.23. The van der Waals surface area contributed by atoms with Crippen molar-refractivity contribution in [3.8, 4) is 11.5 Å². The summed E-state index contributed by atoms with van der Waals surface area (Å²) >= 11 is 11.8. The Morgan fingerprint density at radius 1 is 1.14 bits per heavy atom. The molecule has 0 spiro atoms. The number of nitrogens with one attached hydrogen (secondary N) is 1. The van der Waals surface area contributed by atoms with E-state index in [0.717, 1.165) is 56.8 Å². The highest BCUT2D eigenvalue weighted by molar-refractivity contribution is 6.32. The highest BCUT2D eigenvalue weighted by Gasteiger charge is 2.20. The number of aromatic nitrogens is 2. The summed E-state index contributed by atoms with van der Waals surface area (Å²) in [5.74, 6) is 2.29. The Labute approximate surface area is 182 Å². The molecule has 3 rings (SSSR count). The number of unbranched alkanes of at least 4 members (excludes halogenated alkanes) is 1. The standard InChI is InChI=1S/C21H28Cl2N4O2/c1-3-4-11-29-18-12-15(5-6-17(18)28-2)14-27-9-7-16(8-10-27)24-20-13-19(22)25-21(23)26-20/h5-6,12-13,16H,3-4,7-11,14H2,1-2H3,(H,24,25,26). The van der Waals surface area contributed by atoms with Crippen LogP contribution in [-0.4, -0.2) is 47.7 Å². The van der Waals surface area contributed by atoms with Crippen LogP contribution in [0.1, 0.15) is 38.2 Å². The van der Waals surface area contributed by atoms with Gasteiger partial charge in [-0.15, -0.1) is 0 Å². The van der Waals surface area contributed by atoms with Crippen molar-refractivity contribution in [1.29, 1.82) is 0 Å². The van der Waals surface area contributed by atoms with Gasteiger partial charge in [0.25, 0.3) is 0 Å². The molecule has 1 saturated heterocycles.